The molecule has 1 fully saturated rings. The number of hydrogen-bond donors (Lipinski definition) is 1. The minimum absolute atomic E-state index is 0.0692. The molecule has 1 saturated heterocycles. The second kappa shape index (κ2) is 9.82. The van der Waals surface area contributed by atoms with Crippen molar-refractivity contribution in [2.45, 2.75) is 32.5 Å². The number of hydrogen-bond acceptors (Lipinski definition) is 6. The Labute approximate surface area is 215 Å². The van der Waals surface area contributed by atoms with Crippen LogP contribution in [0, 0.1) is 18.6 Å². The molecule has 1 aliphatic rings. The summed E-state index contributed by atoms with van der Waals surface area (Å²) in [6.07, 6.45) is -3.03. The number of benzene rings is 2. The number of nitrogens with zero attached hydrogens (tertiary/aromatic N) is 6. The monoisotopic (exact) mass is 532 g/mol. The molecule has 0 saturated carbocycles. The number of aromatic hydroxyl groups is 1. The number of alkyl halides is 3. The fourth-order valence-electron chi connectivity index (χ4n) is 4.86. The summed E-state index contributed by atoms with van der Waals surface area (Å²) in [5, 5.41) is 13.9. The zero-order chi connectivity index (χ0) is 27.2. The first kappa shape index (κ1) is 25.8. The third-order valence-electron chi connectivity index (χ3n) is 6.85. The second-order valence-corrected chi connectivity index (χ2v) is 9.25. The van der Waals surface area contributed by atoms with E-state index in [1.165, 1.54) is 6.20 Å². The van der Waals surface area contributed by atoms with Crippen molar-refractivity contribution >= 4 is 17.0 Å². The highest BCUT2D eigenvalue weighted by atomic mass is 19.4. The molecule has 0 bridgehead atoms. The standard InChI is InChI=1S/C26H25F5N6O/c1-3-35-9-10-36(17(14-35)11-16-7-5-4-6-8-16)25-32-13-20-23(33-25)15(2)34-37(20)19-12-18(26(29,30)31)21(27)24(38)22(19)28/h4-8,12-13,17,38H,3,9-11,14H2,1-2H3/t17-/m1/s1. The van der Waals surface area contributed by atoms with Crippen LogP contribution in [0.15, 0.2) is 42.6 Å². The minimum Gasteiger partial charge on any atom is -0.503 e. The molecular formula is C26H25F5N6O. The van der Waals surface area contributed by atoms with Gasteiger partial charge in [-0.05, 0) is 31.5 Å². The maximum atomic E-state index is 14.8. The van der Waals surface area contributed by atoms with E-state index >= 15 is 0 Å². The first-order chi connectivity index (χ1) is 18.1. The Morgan fingerprint density at radius 2 is 1.82 bits per heavy atom. The van der Waals surface area contributed by atoms with Gasteiger partial charge in [0.1, 0.15) is 16.7 Å². The van der Waals surface area contributed by atoms with Crippen LogP contribution >= 0.6 is 0 Å². The summed E-state index contributed by atoms with van der Waals surface area (Å²) in [4.78, 5) is 13.6. The lowest BCUT2D eigenvalue weighted by Crippen LogP contribution is -2.54. The first-order valence-electron chi connectivity index (χ1n) is 12.1. The summed E-state index contributed by atoms with van der Waals surface area (Å²) in [5.41, 5.74) is -0.656. The van der Waals surface area contributed by atoms with Crippen LogP contribution in [0.5, 0.6) is 5.75 Å². The van der Waals surface area contributed by atoms with Gasteiger partial charge in [-0.3, -0.25) is 4.90 Å². The van der Waals surface area contributed by atoms with Gasteiger partial charge in [-0.2, -0.15) is 18.3 Å². The van der Waals surface area contributed by atoms with Gasteiger partial charge in [0.2, 0.25) is 5.95 Å². The topological polar surface area (TPSA) is 70.3 Å². The van der Waals surface area contributed by atoms with Crippen LogP contribution in [0.2, 0.25) is 0 Å². The normalized spacial score (nSPS) is 16.9. The Hall–Kier alpha value is -3.80. The van der Waals surface area contributed by atoms with Gasteiger partial charge in [0, 0.05) is 25.7 Å². The van der Waals surface area contributed by atoms with Gasteiger partial charge in [-0.1, -0.05) is 37.3 Å². The molecule has 12 heteroatoms. The van der Waals surface area contributed by atoms with Crippen LogP contribution < -0.4 is 4.90 Å². The van der Waals surface area contributed by atoms with Gasteiger partial charge in [0.15, 0.2) is 17.4 Å². The predicted molar refractivity (Wildman–Crippen MR) is 131 cm³/mol. The highest BCUT2D eigenvalue weighted by Crippen LogP contribution is 2.39. The molecule has 7 nitrogen and oxygen atoms in total. The van der Waals surface area contributed by atoms with Crippen molar-refractivity contribution in [3.8, 4) is 11.4 Å². The molecule has 4 aromatic rings. The number of aryl methyl sites for hydroxylation is 1. The number of rotatable bonds is 5. The fraction of sp³-hybridized carbons (Fsp3) is 0.346. The smallest absolute Gasteiger partial charge is 0.419 e. The summed E-state index contributed by atoms with van der Waals surface area (Å²) in [6, 6.07) is 10.4. The summed E-state index contributed by atoms with van der Waals surface area (Å²) in [5.74, 6) is -4.95. The van der Waals surface area contributed by atoms with E-state index in [-0.39, 0.29) is 17.6 Å². The molecule has 0 spiro atoms. The third kappa shape index (κ3) is 4.64. The van der Waals surface area contributed by atoms with Crippen molar-refractivity contribution in [3.63, 3.8) is 0 Å². The van der Waals surface area contributed by atoms with Gasteiger partial charge < -0.3 is 10.0 Å². The highest BCUT2D eigenvalue weighted by Gasteiger charge is 2.38. The predicted octanol–water partition coefficient (Wildman–Crippen LogP) is 4.88. The maximum Gasteiger partial charge on any atom is 0.419 e. The second-order valence-electron chi connectivity index (χ2n) is 9.25. The molecule has 0 unspecified atom stereocenters. The summed E-state index contributed by atoms with van der Waals surface area (Å²) < 4.78 is 69.7. The minimum atomic E-state index is -5.15. The quantitative estimate of drug-likeness (QED) is 0.370. The summed E-state index contributed by atoms with van der Waals surface area (Å²) >= 11 is 0. The molecule has 0 aliphatic carbocycles. The molecule has 0 radical (unpaired) electrons. The van der Waals surface area contributed by atoms with E-state index in [1.54, 1.807) is 6.92 Å². The number of phenolic OH excluding ortho intramolecular Hbond substituents is 1. The Balaban J connectivity index is 1.56. The van der Waals surface area contributed by atoms with Gasteiger partial charge in [0.05, 0.1) is 17.5 Å². The van der Waals surface area contributed by atoms with Gasteiger partial charge >= 0.3 is 6.18 Å². The number of fused-ring (bicyclic) bond motifs is 1. The van der Waals surface area contributed by atoms with Gasteiger partial charge in [-0.25, -0.2) is 23.4 Å². The fourth-order valence-corrected chi connectivity index (χ4v) is 4.86. The van der Waals surface area contributed by atoms with E-state index in [4.69, 9.17) is 0 Å². The Morgan fingerprint density at radius 3 is 2.50 bits per heavy atom. The Morgan fingerprint density at radius 1 is 1.08 bits per heavy atom. The van der Waals surface area contributed by atoms with Gasteiger partial charge in [-0.15, -0.1) is 0 Å². The molecule has 2 aromatic heterocycles. The molecule has 1 N–H and O–H groups in total. The van der Waals surface area contributed by atoms with E-state index < -0.39 is 34.8 Å². The van der Waals surface area contributed by atoms with Crippen molar-refractivity contribution in [1.29, 1.82) is 0 Å². The van der Waals surface area contributed by atoms with Crippen molar-refractivity contribution in [1.82, 2.24) is 24.6 Å². The molecule has 2 aromatic carbocycles. The van der Waals surface area contributed by atoms with Crippen molar-refractivity contribution < 1.29 is 27.1 Å². The molecule has 0 amide bonds. The highest BCUT2D eigenvalue weighted by molar-refractivity contribution is 5.80. The number of anilines is 1. The molecule has 1 aliphatic heterocycles. The van der Waals surface area contributed by atoms with Crippen molar-refractivity contribution in [2.24, 2.45) is 0 Å². The molecule has 200 valence electrons. The van der Waals surface area contributed by atoms with E-state index in [9.17, 15) is 27.1 Å². The molecule has 1 atom stereocenters. The SMILES string of the molecule is CCN1CCN(c2ncc3c(n2)c(C)nn3-c2cc(C(F)(F)F)c(F)c(O)c2F)[C@H](Cc2ccccc2)C1. The van der Waals surface area contributed by atoms with Crippen LogP contribution in [-0.4, -0.2) is 62.0 Å². The van der Waals surface area contributed by atoms with E-state index in [1.807, 2.05) is 18.2 Å². The molecular weight excluding hydrogens is 507 g/mol. The van der Waals surface area contributed by atoms with Crippen molar-refractivity contribution in [2.75, 3.05) is 31.1 Å². The largest absolute Gasteiger partial charge is 0.503 e. The van der Waals surface area contributed by atoms with Gasteiger partial charge in [0.25, 0.3) is 0 Å². The van der Waals surface area contributed by atoms with Crippen LogP contribution in [0.4, 0.5) is 27.9 Å². The summed E-state index contributed by atoms with van der Waals surface area (Å²) in [6.45, 7) is 6.86. The number of halogens is 5. The van der Waals surface area contributed by atoms with Crippen LogP contribution in [-0.2, 0) is 12.6 Å². The lowest BCUT2D eigenvalue weighted by atomic mass is 10.0. The average molecular weight is 533 g/mol. The zero-order valence-corrected chi connectivity index (χ0v) is 20.7. The number of likely N-dealkylation sites (N-methyl/N-ethyl adjacent to an activating group) is 1. The maximum absolute atomic E-state index is 14.8. The number of aromatic nitrogens is 4. The lowest BCUT2D eigenvalue weighted by molar-refractivity contribution is -0.140. The van der Waals surface area contributed by atoms with E-state index in [2.05, 4.69) is 43.9 Å². The zero-order valence-electron chi connectivity index (χ0n) is 20.7. The van der Waals surface area contributed by atoms with E-state index in [0.717, 1.165) is 36.3 Å². The third-order valence-corrected chi connectivity index (χ3v) is 6.85. The molecule has 3 heterocycles. The summed E-state index contributed by atoms with van der Waals surface area (Å²) in [7, 11) is 0. The first-order valence-corrected chi connectivity index (χ1v) is 12.1. The van der Waals surface area contributed by atoms with Crippen LogP contribution in [0.25, 0.3) is 16.7 Å². The molecule has 5 rings (SSSR count). The number of phenols is 1. The number of piperazine rings is 1. The lowest BCUT2D eigenvalue weighted by Gasteiger charge is -2.41. The molecule has 38 heavy (non-hydrogen) atoms. The average Bonchev–Trinajstić information content (AvgIpc) is 3.22. The van der Waals surface area contributed by atoms with E-state index in [0.29, 0.717) is 23.7 Å². The Bertz CT molecular complexity index is 1470. The van der Waals surface area contributed by atoms with Crippen molar-refractivity contribution in [3.05, 3.63) is 71.1 Å². The van der Waals surface area contributed by atoms with Crippen LogP contribution in [0.3, 0.4) is 0 Å². The van der Waals surface area contributed by atoms with Crippen LogP contribution in [0.1, 0.15) is 23.7 Å². The Kier molecular flexibility index (Phi) is 6.68.